The number of carbonyl (C=O) groups excluding carboxylic acids is 2. The van der Waals surface area contributed by atoms with E-state index in [1.165, 1.54) is 12.1 Å². The Bertz CT molecular complexity index is 1250. The summed E-state index contributed by atoms with van der Waals surface area (Å²) in [6, 6.07) is 6.26. The molecule has 1 aromatic heterocycles. The molecule has 1 unspecified atom stereocenters. The summed E-state index contributed by atoms with van der Waals surface area (Å²) < 4.78 is 41.5. The number of benzene rings is 2. The van der Waals surface area contributed by atoms with Crippen LogP contribution < -0.4 is 4.90 Å². The van der Waals surface area contributed by atoms with Crippen LogP contribution in [0.1, 0.15) is 32.0 Å². The highest BCUT2D eigenvalue weighted by atomic mass is 32.1. The summed E-state index contributed by atoms with van der Waals surface area (Å²) in [4.78, 5) is 31.6. The highest BCUT2D eigenvalue weighted by molar-refractivity contribution is 7.14. The van der Waals surface area contributed by atoms with E-state index in [1.807, 2.05) is 0 Å². The summed E-state index contributed by atoms with van der Waals surface area (Å²) in [5.41, 5.74) is 0.0775. The third kappa shape index (κ3) is 3.50. The molecule has 0 bridgehead atoms. The van der Waals surface area contributed by atoms with Gasteiger partial charge < -0.3 is 5.11 Å². The zero-order valence-electron chi connectivity index (χ0n) is 16.3. The van der Waals surface area contributed by atoms with Crippen molar-refractivity contribution >= 4 is 28.7 Å². The van der Waals surface area contributed by atoms with Crippen LogP contribution in [0.25, 0.3) is 0 Å². The van der Waals surface area contributed by atoms with Gasteiger partial charge >= 0.3 is 0 Å². The molecule has 4 rings (SSSR count). The van der Waals surface area contributed by atoms with Gasteiger partial charge in [0.2, 0.25) is 5.78 Å². The first kappa shape index (κ1) is 20.8. The highest BCUT2D eigenvalue weighted by Gasteiger charge is 2.46. The number of ketones is 1. The van der Waals surface area contributed by atoms with Crippen molar-refractivity contribution in [2.45, 2.75) is 19.9 Å². The number of rotatable bonds is 4. The van der Waals surface area contributed by atoms with Gasteiger partial charge in [-0.2, -0.15) is 0 Å². The lowest BCUT2D eigenvalue weighted by atomic mass is 9.94. The number of carbonyl (C=O) groups is 2. The van der Waals surface area contributed by atoms with Crippen molar-refractivity contribution in [2.24, 2.45) is 0 Å². The zero-order chi connectivity index (χ0) is 22.4. The van der Waals surface area contributed by atoms with Gasteiger partial charge in [-0.05, 0) is 43.7 Å². The molecule has 0 aliphatic carbocycles. The fourth-order valence-electron chi connectivity index (χ4n) is 3.59. The van der Waals surface area contributed by atoms with Gasteiger partial charge in [-0.1, -0.05) is 12.1 Å². The van der Waals surface area contributed by atoms with Crippen LogP contribution in [0.5, 0.6) is 0 Å². The topological polar surface area (TPSA) is 70.5 Å². The second-order valence-electron chi connectivity index (χ2n) is 6.96. The molecule has 2 heterocycles. The molecule has 31 heavy (non-hydrogen) atoms. The van der Waals surface area contributed by atoms with E-state index in [9.17, 15) is 27.9 Å². The Morgan fingerprint density at radius 3 is 2.29 bits per heavy atom. The molecular weight excluding hydrogens is 429 g/mol. The lowest BCUT2D eigenvalue weighted by molar-refractivity contribution is -0.117. The summed E-state index contributed by atoms with van der Waals surface area (Å²) in [5.74, 6) is -4.98. The minimum atomic E-state index is -1.25. The summed E-state index contributed by atoms with van der Waals surface area (Å²) >= 11 is 1.09. The number of hydrogen-bond acceptors (Lipinski definition) is 5. The predicted molar refractivity (Wildman–Crippen MR) is 109 cm³/mol. The van der Waals surface area contributed by atoms with E-state index in [0.717, 1.165) is 40.5 Å². The Hall–Kier alpha value is -3.46. The largest absolute Gasteiger partial charge is 0.503 e. The van der Waals surface area contributed by atoms with Gasteiger partial charge in [0, 0.05) is 6.07 Å². The van der Waals surface area contributed by atoms with Crippen LogP contribution in [-0.2, 0) is 4.79 Å². The van der Waals surface area contributed by atoms with E-state index in [0.29, 0.717) is 16.8 Å². The first-order valence-corrected chi connectivity index (χ1v) is 9.96. The molecular formula is C22H15F3N2O3S. The van der Waals surface area contributed by atoms with Gasteiger partial charge in [0.15, 0.2) is 5.76 Å². The predicted octanol–water partition coefficient (Wildman–Crippen LogP) is 4.96. The van der Waals surface area contributed by atoms with Crippen molar-refractivity contribution < 1.29 is 27.9 Å². The maximum absolute atomic E-state index is 14.6. The monoisotopic (exact) mass is 444 g/mol. The minimum absolute atomic E-state index is 0.223. The molecule has 1 aliphatic heterocycles. The Morgan fingerprint density at radius 2 is 1.71 bits per heavy atom. The fraction of sp³-hybridized carbons (Fsp3) is 0.136. The molecule has 5 nitrogen and oxygen atoms in total. The number of Topliss-reactive ketones (excluding diaryl/α,β-unsaturated/α-hetero) is 1. The van der Waals surface area contributed by atoms with Crippen molar-refractivity contribution in [3.05, 3.63) is 92.4 Å². The number of halogens is 3. The first-order valence-electron chi connectivity index (χ1n) is 9.15. The quantitative estimate of drug-likeness (QED) is 0.578. The average molecular weight is 444 g/mol. The molecule has 0 saturated carbocycles. The lowest BCUT2D eigenvalue weighted by Gasteiger charge is -2.27. The molecule has 0 fully saturated rings. The van der Waals surface area contributed by atoms with E-state index < -0.39 is 40.9 Å². The van der Waals surface area contributed by atoms with Gasteiger partial charge in [-0.25, -0.2) is 18.2 Å². The van der Waals surface area contributed by atoms with Crippen LogP contribution in [0.2, 0.25) is 0 Å². The molecule has 0 saturated heterocycles. The van der Waals surface area contributed by atoms with Crippen LogP contribution in [0.15, 0.2) is 53.8 Å². The Morgan fingerprint density at radius 1 is 1.06 bits per heavy atom. The molecule has 2 aromatic carbocycles. The number of aliphatic hydroxyl groups is 1. The third-order valence-electron chi connectivity index (χ3n) is 4.92. The maximum atomic E-state index is 14.6. The highest BCUT2D eigenvalue weighted by Crippen LogP contribution is 2.43. The summed E-state index contributed by atoms with van der Waals surface area (Å²) in [5, 5.41) is 11.2. The molecule has 1 atom stereocenters. The third-order valence-corrected chi connectivity index (χ3v) is 5.99. The normalized spacial score (nSPS) is 16.4. The number of aromatic nitrogens is 1. The van der Waals surface area contributed by atoms with Crippen LogP contribution in [0, 0.1) is 31.3 Å². The number of anilines is 1. The number of hydrogen-bond donors (Lipinski definition) is 1. The maximum Gasteiger partial charge on any atom is 0.294 e. The summed E-state index contributed by atoms with van der Waals surface area (Å²) in [7, 11) is 0. The van der Waals surface area contributed by atoms with Crippen molar-refractivity contribution in [1.82, 2.24) is 4.98 Å². The molecule has 158 valence electrons. The summed E-state index contributed by atoms with van der Waals surface area (Å²) in [6.45, 7) is 3.33. The van der Waals surface area contributed by atoms with Crippen LogP contribution in [0.3, 0.4) is 0 Å². The van der Waals surface area contributed by atoms with Crippen LogP contribution >= 0.6 is 11.3 Å². The van der Waals surface area contributed by atoms with Crippen LogP contribution in [0.4, 0.5) is 18.9 Å². The number of nitrogens with zero attached hydrogens (tertiary/aromatic N) is 2. The Balaban J connectivity index is 1.92. The van der Waals surface area contributed by atoms with Gasteiger partial charge in [0.25, 0.3) is 5.91 Å². The van der Waals surface area contributed by atoms with Gasteiger partial charge in [0.1, 0.15) is 17.5 Å². The molecule has 1 aliphatic rings. The van der Waals surface area contributed by atoms with E-state index >= 15 is 0 Å². The first-order chi connectivity index (χ1) is 14.7. The molecule has 3 aromatic rings. The van der Waals surface area contributed by atoms with Crippen molar-refractivity contribution in [3.8, 4) is 0 Å². The minimum Gasteiger partial charge on any atom is -0.503 e. The second-order valence-corrected chi connectivity index (χ2v) is 8.17. The Labute approximate surface area is 179 Å². The van der Waals surface area contributed by atoms with Gasteiger partial charge in [-0.15, -0.1) is 11.3 Å². The average Bonchev–Trinajstić information content (AvgIpc) is 3.18. The molecule has 0 radical (unpaired) electrons. The number of aliphatic hydroxyl groups excluding tert-OH is 1. The Kier molecular flexibility index (Phi) is 5.14. The van der Waals surface area contributed by atoms with Crippen molar-refractivity contribution in [2.75, 3.05) is 4.90 Å². The van der Waals surface area contributed by atoms with Crippen LogP contribution in [-0.4, -0.2) is 21.8 Å². The number of aryl methyl sites for hydroxylation is 2. The smallest absolute Gasteiger partial charge is 0.294 e. The fourth-order valence-corrected chi connectivity index (χ4v) is 4.46. The zero-order valence-corrected chi connectivity index (χ0v) is 17.1. The number of amides is 1. The van der Waals surface area contributed by atoms with E-state index in [4.69, 9.17) is 0 Å². The molecule has 9 heteroatoms. The standard InChI is InChI=1S/C22H15F3N2O3S/c1-10-21(31-11(2)26-10)19(28)17-18(12-3-5-13(23)6-4-12)27(22(30)20(17)29)16-8-7-14(24)9-15(16)25/h3-9,18,29H,1-2H3. The van der Waals surface area contributed by atoms with E-state index in [2.05, 4.69) is 4.98 Å². The van der Waals surface area contributed by atoms with E-state index in [-0.39, 0.29) is 21.7 Å². The number of thiazole rings is 1. The van der Waals surface area contributed by atoms with Crippen molar-refractivity contribution in [1.29, 1.82) is 0 Å². The van der Waals surface area contributed by atoms with Crippen molar-refractivity contribution in [3.63, 3.8) is 0 Å². The lowest BCUT2D eigenvalue weighted by Crippen LogP contribution is -2.31. The molecule has 1 N–H and O–H groups in total. The summed E-state index contributed by atoms with van der Waals surface area (Å²) in [6.07, 6.45) is 0. The van der Waals surface area contributed by atoms with Gasteiger partial charge in [-0.3, -0.25) is 14.5 Å². The van der Waals surface area contributed by atoms with E-state index in [1.54, 1.807) is 13.8 Å². The molecule has 1 amide bonds. The second kappa shape index (κ2) is 7.66. The SMILES string of the molecule is Cc1nc(C)c(C(=O)C2=C(O)C(=O)N(c3ccc(F)cc3F)C2c2ccc(F)cc2)s1. The molecule has 0 spiro atoms. The van der Waals surface area contributed by atoms with Gasteiger partial charge in [0.05, 0.1) is 32.9 Å².